The fourth-order valence-electron chi connectivity index (χ4n) is 1.53. The Kier molecular flexibility index (Phi) is 5.33. The molecule has 0 radical (unpaired) electrons. The average Bonchev–Trinajstić information content (AvgIpc) is 2.33. The van der Waals surface area contributed by atoms with Gasteiger partial charge in [0.1, 0.15) is 0 Å². The van der Waals surface area contributed by atoms with Gasteiger partial charge in [0.15, 0.2) is 11.5 Å². The van der Waals surface area contributed by atoms with Crippen LogP contribution < -0.4 is 9.47 Å². The van der Waals surface area contributed by atoms with Gasteiger partial charge in [0.25, 0.3) is 0 Å². The Labute approximate surface area is 101 Å². The standard InChI is InChI=1S/C13H18O4/c1-3-9-17-13-10(7-8-12(14)15)5-4-6-11(13)16-2/h4-6H,3,7-9H2,1-2H3,(H,14,15). The van der Waals surface area contributed by atoms with Crippen molar-refractivity contribution in [1.29, 1.82) is 0 Å². The van der Waals surface area contributed by atoms with E-state index in [1.54, 1.807) is 7.11 Å². The molecule has 0 spiro atoms. The van der Waals surface area contributed by atoms with E-state index in [1.807, 2.05) is 25.1 Å². The van der Waals surface area contributed by atoms with Gasteiger partial charge in [0.05, 0.1) is 13.7 Å². The maximum atomic E-state index is 10.6. The van der Waals surface area contributed by atoms with E-state index >= 15 is 0 Å². The highest BCUT2D eigenvalue weighted by Gasteiger charge is 2.11. The predicted octanol–water partition coefficient (Wildman–Crippen LogP) is 2.50. The van der Waals surface area contributed by atoms with Gasteiger partial charge in [-0.15, -0.1) is 0 Å². The second kappa shape index (κ2) is 6.78. The minimum absolute atomic E-state index is 0.0929. The van der Waals surface area contributed by atoms with Crippen LogP contribution in [-0.2, 0) is 11.2 Å². The predicted molar refractivity (Wildman–Crippen MR) is 64.7 cm³/mol. The van der Waals surface area contributed by atoms with Crippen LogP contribution in [0.3, 0.4) is 0 Å². The highest BCUT2D eigenvalue weighted by atomic mass is 16.5. The number of methoxy groups -OCH3 is 1. The maximum absolute atomic E-state index is 10.6. The summed E-state index contributed by atoms with van der Waals surface area (Å²) in [6, 6.07) is 5.53. The van der Waals surface area contributed by atoms with Crippen molar-refractivity contribution in [2.75, 3.05) is 13.7 Å². The number of carbonyl (C=O) groups is 1. The number of hydrogen-bond donors (Lipinski definition) is 1. The summed E-state index contributed by atoms with van der Waals surface area (Å²) in [4.78, 5) is 10.6. The number of hydrogen-bond acceptors (Lipinski definition) is 3. The SMILES string of the molecule is CCCOc1c(CCC(=O)O)cccc1OC. The smallest absolute Gasteiger partial charge is 0.303 e. The molecule has 4 heteroatoms. The summed E-state index contributed by atoms with van der Waals surface area (Å²) in [5.41, 5.74) is 0.875. The summed E-state index contributed by atoms with van der Waals surface area (Å²) in [5.74, 6) is 0.508. The Bertz CT molecular complexity index is 374. The zero-order valence-corrected chi connectivity index (χ0v) is 10.2. The molecule has 17 heavy (non-hydrogen) atoms. The summed E-state index contributed by atoms with van der Waals surface area (Å²) >= 11 is 0. The first kappa shape index (κ1) is 13.4. The molecule has 1 aromatic carbocycles. The van der Waals surface area contributed by atoms with Gasteiger partial charge < -0.3 is 14.6 Å². The lowest BCUT2D eigenvalue weighted by atomic mass is 10.1. The van der Waals surface area contributed by atoms with E-state index in [-0.39, 0.29) is 6.42 Å². The third-order valence-electron chi connectivity index (χ3n) is 2.34. The molecule has 0 aliphatic rings. The molecule has 0 unspecified atom stereocenters. The molecule has 0 amide bonds. The van der Waals surface area contributed by atoms with E-state index in [9.17, 15) is 4.79 Å². The number of aryl methyl sites for hydroxylation is 1. The van der Waals surface area contributed by atoms with Crippen molar-refractivity contribution in [1.82, 2.24) is 0 Å². The van der Waals surface area contributed by atoms with Crippen molar-refractivity contribution in [2.24, 2.45) is 0 Å². The van der Waals surface area contributed by atoms with Crippen molar-refractivity contribution in [3.05, 3.63) is 23.8 Å². The van der Waals surface area contributed by atoms with E-state index in [1.165, 1.54) is 0 Å². The molecule has 94 valence electrons. The minimum atomic E-state index is -0.811. The highest BCUT2D eigenvalue weighted by Crippen LogP contribution is 2.31. The second-order valence-electron chi connectivity index (χ2n) is 3.69. The van der Waals surface area contributed by atoms with E-state index in [2.05, 4.69) is 0 Å². The Morgan fingerprint density at radius 2 is 2.18 bits per heavy atom. The van der Waals surface area contributed by atoms with Gasteiger partial charge in [-0.1, -0.05) is 19.1 Å². The van der Waals surface area contributed by atoms with E-state index in [0.717, 1.165) is 12.0 Å². The fourth-order valence-corrected chi connectivity index (χ4v) is 1.53. The quantitative estimate of drug-likeness (QED) is 0.793. The molecular formula is C13H18O4. The number of carboxylic acid groups (broad SMARTS) is 1. The summed E-state index contributed by atoms with van der Waals surface area (Å²) in [6.45, 7) is 2.62. The molecule has 0 heterocycles. The number of carboxylic acids is 1. The van der Waals surface area contributed by atoms with Gasteiger partial charge in [-0.05, 0) is 24.5 Å². The Morgan fingerprint density at radius 3 is 2.76 bits per heavy atom. The third kappa shape index (κ3) is 3.98. The van der Waals surface area contributed by atoms with Crippen LogP contribution in [0.15, 0.2) is 18.2 Å². The lowest BCUT2D eigenvalue weighted by Gasteiger charge is -2.14. The molecule has 0 atom stereocenters. The third-order valence-corrected chi connectivity index (χ3v) is 2.34. The Morgan fingerprint density at radius 1 is 1.41 bits per heavy atom. The summed E-state index contributed by atoms with van der Waals surface area (Å²) in [6.07, 6.45) is 1.44. The molecule has 0 aromatic heterocycles. The Hall–Kier alpha value is -1.71. The normalized spacial score (nSPS) is 10.0. The average molecular weight is 238 g/mol. The minimum Gasteiger partial charge on any atom is -0.493 e. The molecule has 0 aliphatic heterocycles. The largest absolute Gasteiger partial charge is 0.493 e. The van der Waals surface area contributed by atoms with Crippen LogP contribution in [0.4, 0.5) is 0 Å². The van der Waals surface area contributed by atoms with Gasteiger partial charge in [0.2, 0.25) is 0 Å². The molecule has 0 aliphatic carbocycles. The summed E-state index contributed by atoms with van der Waals surface area (Å²) in [7, 11) is 1.58. The fraction of sp³-hybridized carbons (Fsp3) is 0.462. The Balaban J connectivity index is 2.88. The maximum Gasteiger partial charge on any atom is 0.303 e. The zero-order chi connectivity index (χ0) is 12.7. The van der Waals surface area contributed by atoms with Crippen LogP contribution in [-0.4, -0.2) is 24.8 Å². The molecule has 1 rings (SSSR count). The number of para-hydroxylation sites is 1. The molecule has 0 bridgehead atoms. The van der Waals surface area contributed by atoms with E-state index in [0.29, 0.717) is 24.5 Å². The van der Waals surface area contributed by atoms with Crippen LogP contribution in [0.1, 0.15) is 25.3 Å². The van der Waals surface area contributed by atoms with Gasteiger partial charge in [-0.25, -0.2) is 0 Å². The molecule has 0 saturated carbocycles. The topological polar surface area (TPSA) is 55.8 Å². The molecule has 0 fully saturated rings. The first-order valence-electron chi connectivity index (χ1n) is 5.69. The summed E-state index contributed by atoms with van der Waals surface area (Å²) < 4.78 is 10.8. The summed E-state index contributed by atoms with van der Waals surface area (Å²) in [5, 5.41) is 8.70. The number of aliphatic carboxylic acids is 1. The van der Waals surface area contributed by atoms with E-state index in [4.69, 9.17) is 14.6 Å². The van der Waals surface area contributed by atoms with Crippen LogP contribution >= 0.6 is 0 Å². The number of ether oxygens (including phenoxy) is 2. The second-order valence-corrected chi connectivity index (χ2v) is 3.69. The number of rotatable bonds is 7. The van der Waals surface area contributed by atoms with Crippen LogP contribution in [0.25, 0.3) is 0 Å². The molecule has 0 saturated heterocycles. The van der Waals surface area contributed by atoms with Gasteiger partial charge in [-0.3, -0.25) is 4.79 Å². The number of benzene rings is 1. The highest BCUT2D eigenvalue weighted by molar-refractivity contribution is 5.67. The monoisotopic (exact) mass is 238 g/mol. The van der Waals surface area contributed by atoms with Crippen molar-refractivity contribution >= 4 is 5.97 Å². The van der Waals surface area contributed by atoms with Crippen molar-refractivity contribution in [3.8, 4) is 11.5 Å². The van der Waals surface area contributed by atoms with Crippen molar-refractivity contribution < 1.29 is 19.4 Å². The van der Waals surface area contributed by atoms with Gasteiger partial charge in [-0.2, -0.15) is 0 Å². The lowest BCUT2D eigenvalue weighted by Crippen LogP contribution is -2.03. The first-order valence-corrected chi connectivity index (χ1v) is 5.69. The molecule has 1 N–H and O–H groups in total. The zero-order valence-electron chi connectivity index (χ0n) is 10.2. The first-order chi connectivity index (χ1) is 8.19. The van der Waals surface area contributed by atoms with Crippen LogP contribution in [0.5, 0.6) is 11.5 Å². The van der Waals surface area contributed by atoms with Crippen LogP contribution in [0.2, 0.25) is 0 Å². The van der Waals surface area contributed by atoms with E-state index < -0.39 is 5.97 Å². The lowest BCUT2D eigenvalue weighted by molar-refractivity contribution is -0.136. The molecule has 4 nitrogen and oxygen atoms in total. The van der Waals surface area contributed by atoms with Crippen LogP contribution in [0, 0.1) is 0 Å². The van der Waals surface area contributed by atoms with Crippen molar-refractivity contribution in [3.63, 3.8) is 0 Å². The van der Waals surface area contributed by atoms with Gasteiger partial charge in [0, 0.05) is 6.42 Å². The molecular weight excluding hydrogens is 220 g/mol. The van der Waals surface area contributed by atoms with Crippen molar-refractivity contribution in [2.45, 2.75) is 26.2 Å². The molecule has 1 aromatic rings. The van der Waals surface area contributed by atoms with Gasteiger partial charge >= 0.3 is 5.97 Å².